The molecule has 6 heteroatoms. The zero-order valence-electron chi connectivity index (χ0n) is 18.3. The van der Waals surface area contributed by atoms with Gasteiger partial charge in [0.1, 0.15) is 5.82 Å². The molecule has 5 nitrogen and oxygen atoms in total. The van der Waals surface area contributed by atoms with Crippen LogP contribution in [0, 0.1) is 11.7 Å². The Bertz CT molecular complexity index is 1060. The zero-order valence-corrected chi connectivity index (χ0v) is 18.3. The molecule has 1 N–H and O–H groups in total. The molecule has 4 rings (SSSR count). The molecule has 32 heavy (non-hydrogen) atoms. The Balaban J connectivity index is 1.52. The maximum absolute atomic E-state index is 13.5. The summed E-state index contributed by atoms with van der Waals surface area (Å²) in [5.74, 6) is 0.675. The molecule has 166 valence electrons. The van der Waals surface area contributed by atoms with E-state index in [0.717, 1.165) is 12.1 Å². The number of carbonyl (C=O) groups excluding carboxylic acids is 1. The maximum atomic E-state index is 13.5. The van der Waals surface area contributed by atoms with Crippen LogP contribution in [0.1, 0.15) is 23.6 Å². The number of methoxy groups -OCH3 is 2. The van der Waals surface area contributed by atoms with Gasteiger partial charge in [-0.25, -0.2) is 4.39 Å². The quantitative estimate of drug-likeness (QED) is 0.566. The molecule has 1 aliphatic rings. The van der Waals surface area contributed by atoms with Gasteiger partial charge in [0, 0.05) is 30.9 Å². The highest BCUT2D eigenvalue weighted by Gasteiger charge is 2.37. The third kappa shape index (κ3) is 4.92. The summed E-state index contributed by atoms with van der Waals surface area (Å²) in [6, 6.07) is 22.1. The number of carbonyl (C=O) groups is 1. The average Bonchev–Trinajstić information content (AvgIpc) is 3.24. The van der Waals surface area contributed by atoms with Crippen molar-refractivity contribution < 1.29 is 18.7 Å². The largest absolute Gasteiger partial charge is 0.493 e. The van der Waals surface area contributed by atoms with Crippen LogP contribution in [0.3, 0.4) is 0 Å². The molecule has 1 amide bonds. The number of anilines is 1. The number of rotatable bonds is 7. The van der Waals surface area contributed by atoms with Crippen LogP contribution in [0.25, 0.3) is 0 Å². The molecule has 1 heterocycles. The summed E-state index contributed by atoms with van der Waals surface area (Å²) < 4.78 is 24.1. The summed E-state index contributed by atoms with van der Waals surface area (Å²) in [5.41, 5.74) is 2.86. The van der Waals surface area contributed by atoms with Crippen molar-refractivity contribution in [3.05, 3.63) is 89.7 Å². The Morgan fingerprint density at radius 2 is 1.72 bits per heavy atom. The van der Waals surface area contributed by atoms with Crippen molar-refractivity contribution in [2.24, 2.45) is 5.92 Å². The highest BCUT2D eigenvalue weighted by Crippen LogP contribution is 2.37. The Morgan fingerprint density at radius 3 is 2.41 bits per heavy atom. The van der Waals surface area contributed by atoms with E-state index in [1.807, 2.05) is 30.3 Å². The van der Waals surface area contributed by atoms with Gasteiger partial charge < -0.3 is 14.8 Å². The van der Waals surface area contributed by atoms with E-state index >= 15 is 0 Å². The van der Waals surface area contributed by atoms with E-state index in [1.54, 1.807) is 32.4 Å². The van der Waals surface area contributed by atoms with E-state index in [9.17, 15) is 9.18 Å². The minimum atomic E-state index is -0.260. The van der Waals surface area contributed by atoms with E-state index < -0.39 is 0 Å². The summed E-state index contributed by atoms with van der Waals surface area (Å²) in [6.07, 6.45) is 0.664. The summed E-state index contributed by atoms with van der Waals surface area (Å²) >= 11 is 0. The lowest BCUT2D eigenvalue weighted by atomic mass is 9.99. The van der Waals surface area contributed by atoms with Crippen LogP contribution < -0.4 is 14.8 Å². The van der Waals surface area contributed by atoms with E-state index in [0.29, 0.717) is 30.2 Å². The van der Waals surface area contributed by atoms with E-state index in [1.165, 1.54) is 17.7 Å². The molecular weight excluding hydrogens is 407 g/mol. The number of hydrogen-bond acceptors (Lipinski definition) is 4. The van der Waals surface area contributed by atoms with Crippen molar-refractivity contribution in [1.82, 2.24) is 4.90 Å². The van der Waals surface area contributed by atoms with E-state index in [-0.39, 0.29) is 23.7 Å². The molecule has 0 bridgehead atoms. The third-order valence-electron chi connectivity index (χ3n) is 5.91. The van der Waals surface area contributed by atoms with Crippen LogP contribution in [0.4, 0.5) is 10.1 Å². The second-order valence-corrected chi connectivity index (χ2v) is 7.97. The number of amides is 1. The lowest BCUT2D eigenvalue weighted by molar-refractivity contribution is -0.119. The molecule has 0 radical (unpaired) electrons. The normalized spacial score (nSPS) is 18.3. The Hall–Kier alpha value is -3.38. The highest BCUT2D eigenvalue weighted by molar-refractivity contribution is 5.93. The minimum absolute atomic E-state index is 0.0389. The highest BCUT2D eigenvalue weighted by atomic mass is 19.1. The smallest absolute Gasteiger partial charge is 0.228 e. The molecule has 0 saturated carbocycles. The number of likely N-dealkylation sites (tertiary alicyclic amines) is 1. The molecule has 3 aromatic rings. The second kappa shape index (κ2) is 9.83. The fourth-order valence-electron chi connectivity index (χ4n) is 4.28. The van der Waals surface area contributed by atoms with Gasteiger partial charge >= 0.3 is 0 Å². The Morgan fingerprint density at radius 1 is 1.00 bits per heavy atom. The fraction of sp³-hybridized carbons (Fsp3) is 0.269. The van der Waals surface area contributed by atoms with Gasteiger partial charge in [-0.1, -0.05) is 42.5 Å². The van der Waals surface area contributed by atoms with Crippen molar-refractivity contribution in [1.29, 1.82) is 0 Å². The molecule has 2 atom stereocenters. The summed E-state index contributed by atoms with van der Waals surface area (Å²) in [5, 5.41) is 3.01. The topological polar surface area (TPSA) is 50.8 Å². The fourth-order valence-corrected chi connectivity index (χ4v) is 4.28. The number of nitrogens with zero attached hydrogens (tertiary/aromatic N) is 1. The van der Waals surface area contributed by atoms with Crippen LogP contribution in [-0.4, -0.2) is 31.6 Å². The molecule has 0 aliphatic carbocycles. The standard InChI is InChI=1S/C26H27FN2O3/c1-31-24-13-12-22(15-25(24)32-2)28-26(30)20-14-23(19-8-10-21(27)11-9-19)29(17-20)16-18-6-4-3-5-7-18/h3-13,15,20,23H,14,16-17H2,1-2H3,(H,28,30)/t20-,23+/m1/s1. The number of nitrogens with one attached hydrogen (secondary N) is 1. The van der Waals surface area contributed by atoms with Gasteiger partial charge in [-0.05, 0) is 41.8 Å². The first kappa shape index (κ1) is 21.8. The van der Waals surface area contributed by atoms with Gasteiger partial charge in [0.2, 0.25) is 5.91 Å². The number of hydrogen-bond donors (Lipinski definition) is 1. The first-order valence-corrected chi connectivity index (χ1v) is 10.6. The first-order chi connectivity index (χ1) is 15.6. The maximum Gasteiger partial charge on any atom is 0.228 e. The van der Waals surface area contributed by atoms with Crippen LogP contribution in [0.2, 0.25) is 0 Å². The van der Waals surface area contributed by atoms with Crippen molar-refractivity contribution in [2.75, 3.05) is 26.1 Å². The average molecular weight is 435 g/mol. The summed E-state index contributed by atoms with van der Waals surface area (Å²) in [4.78, 5) is 15.4. The number of halogens is 1. The zero-order chi connectivity index (χ0) is 22.5. The van der Waals surface area contributed by atoms with Gasteiger partial charge in [0.15, 0.2) is 11.5 Å². The molecule has 1 fully saturated rings. The summed E-state index contributed by atoms with van der Waals surface area (Å²) in [6.45, 7) is 1.35. The van der Waals surface area contributed by atoms with Gasteiger partial charge in [-0.3, -0.25) is 9.69 Å². The van der Waals surface area contributed by atoms with Gasteiger partial charge in [-0.2, -0.15) is 0 Å². The predicted molar refractivity (Wildman–Crippen MR) is 122 cm³/mol. The molecule has 3 aromatic carbocycles. The van der Waals surface area contributed by atoms with Gasteiger partial charge in [-0.15, -0.1) is 0 Å². The van der Waals surface area contributed by atoms with Crippen molar-refractivity contribution in [2.45, 2.75) is 19.0 Å². The minimum Gasteiger partial charge on any atom is -0.493 e. The van der Waals surface area contributed by atoms with E-state index in [2.05, 4.69) is 22.3 Å². The number of benzene rings is 3. The Kier molecular flexibility index (Phi) is 6.71. The molecular formula is C26H27FN2O3. The monoisotopic (exact) mass is 434 g/mol. The second-order valence-electron chi connectivity index (χ2n) is 7.97. The Labute approximate surface area is 187 Å². The molecule has 1 aliphatic heterocycles. The predicted octanol–water partition coefficient (Wildman–Crippen LogP) is 5.04. The van der Waals surface area contributed by atoms with Crippen molar-refractivity contribution in [3.63, 3.8) is 0 Å². The SMILES string of the molecule is COc1ccc(NC(=O)[C@@H]2C[C@@H](c3ccc(F)cc3)N(Cc3ccccc3)C2)cc1OC. The van der Waals surface area contributed by atoms with Gasteiger partial charge in [0.25, 0.3) is 0 Å². The van der Waals surface area contributed by atoms with Crippen LogP contribution in [0.15, 0.2) is 72.8 Å². The summed E-state index contributed by atoms with van der Waals surface area (Å²) in [7, 11) is 3.14. The van der Waals surface area contributed by atoms with Crippen LogP contribution in [0.5, 0.6) is 11.5 Å². The number of ether oxygens (including phenoxy) is 2. The molecule has 1 saturated heterocycles. The lowest BCUT2D eigenvalue weighted by Gasteiger charge is -2.24. The van der Waals surface area contributed by atoms with Crippen molar-refractivity contribution in [3.8, 4) is 11.5 Å². The lowest BCUT2D eigenvalue weighted by Crippen LogP contribution is -2.27. The van der Waals surface area contributed by atoms with E-state index in [4.69, 9.17) is 9.47 Å². The molecule has 0 aromatic heterocycles. The third-order valence-corrected chi connectivity index (χ3v) is 5.91. The van der Waals surface area contributed by atoms with Crippen molar-refractivity contribution >= 4 is 11.6 Å². The molecule has 0 unspecified atom stereocenters. The molecule has 0 spiro atoms. The van der Waals surface area contributed by atoms with Crippen LogP contribution in [-0.2, 0) is 11.3 Å². The van der Waals surface area contributed by atoms with Gasteiger partial charge in [0.05, 0.1) is 20.1 Å². The van der Waals surface area contributed by atoms with Crippen LogP contribution >= 0.6 is 0 Å². The first-order valence-electron chi connectivity index (χ1n) is 10.6.